The van der Waals surface area contributed by atoms with Crippen LogP contribution in [-0.4, -0.2) is 53.6 Å². The standard InChI is InChI=1S/C14H22N4O/c15-11-4-3-7-18(10-11)14-9-12(19)8-13(16-14)17-5-1-2-6-17/h8,11H,1-7,9-10,15H2/t11-/m1/s1. The summed E-state index contributed by atoms with van der Waals surface area (Å²) in [4.78, 5) is 21.1. The van der Waals surface area contributed by atoms with Crippen LogP contribution in [0.2, 0.25) is 0 Å². The van der Waals surface area contributed by atoms with Crippen molar-refractivity contribution < 1.29 is 4.79 Å². The van der Waals surface area contributed by atoms with Gasteiger partial charge < -0.3 is 15.5 Å². The van der Waals surface area contributed by atoms with E-state index in [2.05, 4.69) is 9.80 Å². The largest absolute Gasteiger partial charge is 0.358 e. The molecule has 0 spiro atoms. The molecule has 0 aliphatic carbocycles. The van der Waals surface area contributed by atoms with E-state index in [-0.39, 0.29) is 11.8 Å². The van der Waals surface area contributed by atoms with Crippen LogP contribution in [0.15, 0.2) is 16.9 Å². The molecule has 1 atom stereocenters. The minimum absolute atomic E-state index is 0.172. The number of ketones is 1. The molecule has 2 N–H and O–H groups in total. The maximum absolute atomic E-state index is 11.9. The number of amidine groups is 1. The van der Waals surface area contributed by atoms with E-state index in [4.69, 9.17) is 10.7 Å². The van der Waals surface area contributed by atoms with Gasteiger partial charge in [-0.15, -0.1) is 0 Å². The highest BCUT2D eigenvalue weighted by Gasteiger charge is 2.26. The highest BCUT2D eigenvalue weighted by molar-refractivity contribution is 6.08. The Bertz CT molecular complexity index is 423. The maximum atomic E-state index is 11.9. The zero-order valence-electron chi connectivity index (χ0n) is 11.3. The van der Waals surface area contributed by atoms with Crippen molar-refractivity contribution in [3.63, 3.8) is 0 Å². The van der Waals surface area contributed by atoms with Gasteiger partial charge in [-0.3, -0.25) is 4.79 Å². The van der Waals surface area contributed by atoms with Gasteiger partial charge in [-0.2, -0.15) is 0 Å². The molecule has 3 aliphatic rings. The summed E-state index contributed by atoms with van der Waals surface area (Å²) < 4.78 is 0. The topological polar surface area (TPSA) is 61.9 Å². The average molecular weight is 262 g/mol. The Kier molecular flexibility index (Phi) is 3.55. The van der Waals surface area contributed by atoms with Crippen molar-refractivity contribution in [1.29, 1.82) is 0 Å². The number of carbonyl (C=O) groups excluding carboxylic acids is 1. The molecule has 0 amide bonds. The fourth-order valence-electron chi connectivity index (χ4n) is 3.09. The number of nitrogens with two attached hydrogens (primary N) is 1. The van der Waals surface area contributed by atoms with Crippen molar-refractivity contribution >= 4 is 11.6 Å². The second kappa shape index (κ2) is 5.33. The van der Waals surface area contributed by atoms with E-state index >= 15 is 0 Å². The minimum Gasteiger partial charge on any atom is -0.358 e. The molecule has 3 heterocycles. The lowest BCUT2D eigenvalue weighted by molar-refractivity contribution is -0.113. The molecule has 0 unspecified atom stereocenters. The van der Waals surface area contributed by atoms with Gasteiger partial charge in [-0.25, -0.2) is 4.99 Å². The van der Waals surface area contributed by atoms with E-state index in [9.17, 15) is 4.79 Å². The third-order valence-electron chi connectivity index (χ3n) is 4.12. The van der Waals surface area contributed by atoms with Crippen molar-refractivity contribution in [1.82, 2.24) is 9.80 Å². The molecule has 2 saturated heterocycles. The normalized spacial score (nSPS) is 28.5. The highest BCUT2D eigenvalue weighted by Crippen LogP contribution is 2.21. The Morgan fingerprint density at radius 1 is 1.16 bits per heavy atom. The van der Waals surface area contributed by atoms with Crippen LogP contribution in [0.25, 0.3) is 0 Å². The van der Waals surface area contributed by atoms with Crippen LogP contribution in [-0.2, 0) is 4.79 Å². The van der Waals surface area contributed by atoms with Crippen molar-refractivity contribution in [3.05, 3.63) is 11.9 Å². The Morgan fingerprint density at radius 2 is 1.89 bits per heavy atom. The molecule has 0 aromatic heterocycles. The summed E-state index contributed by atoms with van der Waals surface area (Å²) in [5.41, 5.74) is 6.02. The third kappa shape index (κ3) is 2.81. The van der Waals surface area contributed by atoms with Crippen LogP contribution < -0.4 is 5.73 Å². The molecule has 0 bridgehead atoms. The van der Waals surface area contributed by atoms with Crippen LogP contribution in [0.5, 0.6) is 0 Å². The predicted molar refractivity (Wildman–Crippen MR) is 74.7 cm³/mol. The second-order valence-corrected chi connectivity index (χ2v) is 5.72. The van der Waals surface area contributed by atoms with Crippen molar-refractivity contribution in [3.8, 4) is 0 Å². The molecule has 0 saturated carbocycles. The van der Waals surface area contributed by atoms with Crippen LogP contribution in [0, 0.1) is 0 Å². The number of allylic oxidation sites excluding steroid dienone is 1. The smallest absolute Gasteiger partial charge is 0.166 e. The molecule has 2 fully saturated rings. The van der Waals surface area contributed by atoms with Gasteiger partial charge >= 0.3 is 0 Å². The molecule has 19 heavy (non-hydrogen) atoms. The number of likely N-dealkylation sites (tertiary alicyclic amines) is 2. The van der Waals surface area contributed by atoms with Gasteiger partial charge in [-0.1, -0.05) is 0 Å². The summed E-state index contributed by atoms with van der Waals surface area (Å²) in [5.74, 6) is 1.96. The zero-order chi connectivity index (χ0) is 13.2. The van der Waals surface area contributed by atoms with Crippen LogP contribution in [0.3, 0.4) is 0 Å². The predicted octanol–water partition coefficient (Wildman–Crippen LogP) is 0.718. The highest BCUT2D eigenvalue weighted by atomic mass is 16.1. The van der Waals surface area contributed by atoms with E-state index in [1.807, 2.05) is 0 Å². The van der Waals surface area contributed by atoms with Gasteiger partial charge in [0.15, 0.2) is 5.78 Å². The number of rotatable bonds is 1. The molecule has 0 radical (unpaired) electrons. The van der Waals surface area contributed by atoms with Crippen LogP contribution in [0.4, 0.5) is 0 Å². The quantitative estimate of drug-likeness (QED) is 0.756. The number of aliphatic imine (C=N–C) groups is 1. The molecule has 5 nitrogen and oxygen atoms in total. The van der Waals surface area contributed by atoms with E-state index in [1.54, 1.807) is 6.08 Å². The van der Waals surface area contributed by atoms with Crippen molar-refractivity contribution in [2.75, 3.05) is 26.2 Å². The van der Waals surface area contributed by atoms with Gasteiger partial charge in [0, 0.05) is 38.3 Å². The first kappa shape index (κ1) is 12.7. The number of hydrogen-bond donors (Lipinski definition) is 1. The lowest BCUT2D eigenvalue weighted by atomic mass is 10.1. The number of nitrogens with zero attached hydrogens (tertiary/aromatic N) is 3. The van der Waals surface area contributed by atoms with Crippen LogP contribution in [0.1, 0.15) is 32.1 Å². The third-order valence-corrected chi connectivity index (χ3v) is 4.12. The Labute approximate surface area is 114 Å². The molecular formula is C14H22N4O. The summed E-state index contributed by atoms with van der Waals surface area (Å²) in [6.07, 6.45) is 6.71. The van der Waals surface area contributed by atoms with Gasteiger partial charge in [0.05, 0.1) is 6.42 Å². The van der Waals surface area contributed by atoms with E-state index in [0.29, 0.717) is 6.42 Å². The Morgan fingerprint density at radius 3 is 2.63 bits per heavy atom. The molecule has 0 aromatic carbocycles. The molecule has 104 valence electrons. The molecule has 0 aromatic rings. The Balaban J connectivity index is 1.76. The minimum atomic E-state index is 0.172. The van der Waals surface area contributed by atoms with E-state index in [1.165, 1.54) is 12.8 Å². The number of piperidine rings is 1. The number of hydrogen-bond acceptors (Lipinski definition) is 5. The molecular weight excluding hydrogens is 240 g/mol. The maximum Gasteiger partial charge on any atom is 0.166 e. The first-order valence-electron chi connectivity index (χ1n) is 7.30. The molecule has 3 rings (SSSR count). The first-order chi connectivity index (χ1) is 9.22. The van der Waals surface area contributed by atoms with Crippen molar-refractivity contribution in [2.24, 2.45) is 10.7 Å². The van der Waals surface area contributed by atoms with E-state index < -0.39 is 0 Å². The van der Waals surface area contributed by atoms with Gasteiger partial charge in [-0.05, 0) is 25.7 Å². The monoisotopic (exact) mass is 262 g/mol. The van der Waals surface area contributed by atoms with Gasteiger partial charge in [0.1, 0.15) is 11.7 Å². The number of carbonyl (C=O) groups is 1. The summed E-state index contributed by atoms with van der Waals surface area (Å²) >= 11 is 0. The fraction of sp³-hybridized carbons (Fsp3) is 0.714. The fourth-order valence-corrected chi connectivity index (χ4v) is 3.09. The average Bonchev–Trinajstić information content (AvgIpc) is 2.92. The lowest BCUT2D eigenvalue weighted by Gasteiger charge is -2.34. The lowest BCUT2D eigenvalue weighted by Crippen LogP contribution is -2.47. The van der Waals surface area contributed by atoms with Gasteiger partial charge in [0.25, 0.3) is 0 Å². The second-order valence-electron chi connectivity index (χ2n) is 5.72. The molecule has 5 heteroatoms. The summed E-state index contributed by atoms with van der Waals surface area (Å²) in [6.45, 7) is 3.86. The van der Waals surface area contributed by atoms with Crippen molar-refractivity contribution in [2.45, 2.75) is 38.1 Å². The summed E-state index contributed by atoms with van der Waals surface area (Å²) in [5, 5.41) is 0. The zero-order valence-corrected chi connectivity index (χ0v) is 11.3. The SMILES string of the molecule is N[C@@H]1CCCN(C2=NC(N3CCCC3)=CC(=O)C2)C1. The van der Waals surface area contributed by atoms with Gasteiger partial charge in [0.2, 0.25) is 0 Å². The Hall–Kier alpha value is -1.36. The molecule has 3 aliphatic heterocycles. The first-order valence-corrected chi connectivity index (χ1v) is 7.30. The van der Waals surface area contributed by atoms with E-state index in [0.717, 1.165) is 50.7 Å². The summed E-state index contributed by atoms with van der Waals surface area (Å²) in [6, 6.07) is 0.215. The summed E-state index contributed by atoms with van der Waals surface area (Å²) in [7, 11) is 0. The van der Waals surface area contributed by atoms with Crippen LogP contribution >= 0.6 is 0 Å².